The Bertz CT molecular complexity index is 934. The zero-order chi connectivity index (χ0) is 17.4. The summed E-state index contributed by atoms with van der Waals surface area (Å²) < 4.78 is 26.2. The molecule has 5 nitrogen and oxygen atoms in total. The quantitative estimate of drug-likeness (QED) is 0.655. The fourth-order valence-corrected chi connectivity index (χ4v) is 2.31. The van der Waals surface area contributed by atoms with E-state index in [1.807, 2.05) is 0 Å². The minimum atomic E-state index is -1.21. The largest absolute Gasteiger partial charge is 0.478 e. The van der Waals surface area contributed by atoms with Crippen LogP contribution in [0.5, 0.6) is 0 Å². The van der Waals surface area contributed by atoms with Crippen molar-refractivity contribution in [3.63, 3.8) is 0 Å². The lowest BCUT2D eigenvalue weighted by molar-refractivity contribution is -0.112. The predicted octanol–water partition coefficient (Wildman–Crippen LogP) is 2.88. The number of anilines is 1. The number of carboxylic acids is 1. The van der Waals surface area contributed by atoms with Crippen molar-refractivity contribution in [3.8, 4) is 0 Å². The van der Waals surface area contributed by atoms with Gasteiger partial charge in [-0.15, -0.1) is 0 Å². The smallest absolute Gasteiger partial charge is 0.335 e. The molecule has 0 saturated heterocycles. The van der Waals surface area contributed by atoms with Crippen LogP contribution in [0.15, 0.2) is 42.0 Å². The van der Waals surface area contributed by atoms with Gasteiger partial charge in [-0.2, -0.15) is 0 Å². The number of Topliss-reactive ketones (excluding diaryl/α,β-unsaturated/α-hetero) is 1. The average Bonchev–Trinajstić information content (AvgIpc) is 2.54. The van der Waals surface area contributed by atoms with Crippen LogP contribution in [0.4, 0.5) is 14.5 Å². The number of carbonyl (C=O) groups is 3. The third kappa shape index (κ3) is 2.67. The van der Waals surface area contributed by atoms with E-state index in [0.29, 0.717) is 0 Å². The Labute approximate surface area is 134 Å². The van der Waals surface area contributed by atoms with Crippen LogP contribution in [0.25, 0.3) is 6.08 Å². The molecule has 120 valence electrons. The molecule has 0 fully saturated rings. The Morgan fingerprint density at radius 1 is 1.04 bits per heavy atom. The van der Waals surface area contributed by atoms with Gasteiger partial charge in [0.2, 0.25) is 5.78 Å². The van der Waals surface area contributed by atoms with Gasteiger partial charge in [0.15, 0.2) is 11.6 Å². The average molecular weight is 329 g/mol. The molecule has 0 unspecified atom stereocenters. The lowest BCUT2D eigenvalue weighted by atomic mass is 9.93. The summed E-state index contributed by atoms with van der Waals surface area (Å²) in [5.74, 6) is -4.77. The third-order valence-electron chi connectivity index (χ3n) is 3.50. The van der Waals surface area contributed by atoms with Crippen molar-refractivity contribution in [1.82, 2.24) is 0 Å². The molecule has 1 heterocycles. The minimum Gasteiger partial charge on any atom is -0.478 e. The molecule has 7 heteroatoms. The molecule has 2 aromatic rings. The Hall–Kier alpha value is -3.35. The Kier molecular flexibility index (Phi) is 3.69. The predicted molar refractivity (Wildman–Crippen MR) is 80.7 cm³/mol. The molecule has 0 radical (unpaired) electrons. The van der Waals surface area contributed by atoms with Gasteiger partial charge in [-0.25, -0.2) is 13.6 Å². The molecule has 0 spiro atoms. The second-order valence-corrected chi connectivity index (χ2v) is 5.08. The van der Waals surface area contributed by atoms with E-state index in [9.17, 15) is 23.2 Å². The van der Waals surface area contributed by atoms with E-state index < -0.39 is 29.3 Å². The highest BCUT2D eigenvalue weighted by atomic mass is 19.2. The van der Waals surface area contributed by atoms with Crippen LogP contribution in [0.3, 0.4) is 0 Å². The van der Waals surface area contributed by atoms with E-state index in [2.05, 4.69) is 5.32 Å². The van der Waals surface area contributed by atoms with Gasteiger partial charge in [0.25, 0.3) is 5.91 Å². The highest BCUT2D eigenvalue weighted by Gasteiger charge is 2.29. The molecule has 3 rings (SSSR count). The Morgan fingerprint density at radius 2 is 1.79 bits per heavy atom. The van der Waals surface area contributed by atoms with Crippen molar-refractivity contribution in [2.75, 3.05) is 5.32 Å². The summed E-state index contributed by atoms with van der Waals surface area (Å²) in [7, 11) is 0. The fraction of sp³-hybridized carbons (Fsp3) is 0. The van der Waals surface area contributed by atoms with E-state index in [1.165, 1.54) is 18.2 Å². The first-order valence-electron chi connectivity index (χ1n) is 6.77. The van der Waals surface area contributed by atoms with Crippen LogP contribution in [0.1, 0.15) is 26.3 Å². The lowest BCUT2D eigenvalue weighted by Crippen LogP contribution is -2.27. The number of carboxylic acid groups (broad SMARTS) is 1. The van der Waals surface area contributed by atoms with Gasteiger partial charge in [-0.05, 0) is 42.0 Å². The van der Waals surface area contributed by atoms with Gasteiger partial charge in [0, 0.05) is 5.56 Å². The molecule has 1 aliphatic rings. The van der Waals surface area contributed by atoms with E-state index in [1.54, 1.807) is 0 Å². The van der Waals surface area contributed by atoms with Crippen molar-refractivity contribution in [3.05, 3.63) is 70.3 Å². The monoisotopic (exact) mass is 329 g/mol. The van der Waals surface area contributed by atoms with Crippen molar-refractivity contribution in [1.29, 1.82) is 0 Å². The molecular formula is C17H9F2NO4. The number of aromatic carboxylic acids is 1. The van der Waals surface area contributed by atoms with E-state index in [-0.39, 0.29) is 28.0 Å². The molecule has 0 atom stereocenters. The van der Waals surface area contributed by atoms with Gasteiger partial charge >= 0.3 is 5.97 Å². The summed E-state index contributed by atoms with van der Waals surface area (Å²) >= 11 is 0. The first kappa shape index (κ1) is 15.5. The summed E-state index contributed by atoms with van der Waals surface area (Å²) in [6, 6.07) is 6.69. The van der Waals surface area contributed by atoms with Gasteiger partial charge in [-0.3, -0.25) is 9.59 Å². The highest BCUT2D eigenvalue weighted by molar-refractivity contribution is 6.36. The lowest BCUT2D eigenvalue weighted by Gasteiger charge is -2.18. The molecule has 2 aromatic carbocycles. The van der Waals surface area contributed by atoms with Crippen molar-refractivity contribution >= 4 is 29.4 Å². The number of hydrogen-bond donors (Lipinski definition) is 2. The van der Waals surface area contributed by atoms with Crippen molar-refractivity contribution in [2.45, 2.75) is 0 Å². The van der Waals surface area contributed by atoms with Crippen molar-refractivity contribution in [2.24, 2.45) is 0 Å². The zero-order valence-electron chi connectivity index (χ0n) is 12.0. The molecule has 0 aliphatic carbocycles. The molecule has 0 saturated carbocycles. The van der Waals surface area contributed by atoms with E-state index in [4.69, 9.17) is 5.11 Å². The van der Waals surface area contributed by atoms with Gasteiger partial charge in [0.05, 0.1) is 16.8 Å². The number of fused-ring (bicyclic) bond motifs is 1. The number of nitrogens with one attached hydrogen (secondary N) is 1. The topological polar surface area (TPSA) is 83.5 Å². The molecule has 1 amide bonds. The van der Waals surface area contributed by atoms with Crippen LogP contribution >= 0.6 is 0 Å². The maximum atomic E-state index is 13.3. The molecule has 1 aliphatic heterocycles. The molecule has 24 heavy (non-hydrogen) atoms. The van der Waals surface area contributed by atoms with E-state index >= 15 is 0 Å². The van der Waals surface area contributed by atoms with Gasteiger partial charge in [-0.1, -0.05) is 6.07 Å². The summed E-state index contributed by atoms with van der Waals surface area (Å²) in [4.78, 5) is 35.5. The minimum absolute atomic E-state index is 0.0170. The number of ketones is 1. The number of amides is 1. The van der Waals surface area contributed by atoms with E-state index in [0.717, 1.165) is 24.3 Å². The number of hydrogen-bond acceptors (Lipinski definition) is 3. The number of halogens is 2. The molecule has 0 aromatic heterocycles. The van der Waals surface area contributed by atoms with Crippen LogP contribution in [0.2, 0.25) is 0 Å². The summed E-state index contributed by atoms with van der Waals surface area (Å²) in [5.41, 5.74) is -0.0625. The third-order valence-corrected chi connectivity index (χ3v) is 3.50. The molecule has 0 bridgehead atoms. The first-order valence-corrected chi connectivity index (χ1v) is 6.77. The summed E-state index contributed by atoms with van der Waals surface area (Å²) in [5, 5.41) is 11.5. The first-order chi connectivity index (χ1) is 11.4. The SMILES string of the molecule is O=C1Nc2ccc(C(=O)O)cc2C(=O)/C1=C/c1ccc(F)c(F)c1. The van der Waals surface area contributed by atoms with Crippen LogP contribution in [-0.4, -0.2) is 22.8 Å². The van der Waals surface area contributed by atoms with Crippen LogP contribution < -0.4 is 5.32 Å². The highest BCUT2D eigenvalue weighted by Crippen LogP contribution is 2.27. The standard InChI is InChI=1S/C17H9F2NO4/c18-12-3-1-8(6-13(12)19)5-11-15(21)10-7-9(17(23)24)2-4-14(10)20-16(11)22/h1-7H,(H,20,22)(H,23,24)/b11-5-. The maximum absolute atomic E-state index is 13.3. The summed E-state index contributed by atoms with van der Waals surface area (Å²) in [6.07, 6.45) is 1.12. The van der Waals surface area contributed by atoms with Gasteiger partial charge in [0.1, 0.15) is 0 Å². The van der Waals surface area contributed by atoms with Crippen LogP contribution in [-0.2, 0) is 4.79 Å². The molecule has 2 N–H and O–H groups in total. The van der Waals surface area contributed by atoms with Gasteiger partial charge < -0.3 is 10.4 Å². The Balaban J connectivity index is 2.07. The normalized spacial score (nSPS) is 15.2. The van der Waals surface area contributed by atoms with Crippen molar-refractivity contribution < 1.29 is 28.3 Å². The number of benzene rings is 2. The number of carbonyl (C=O) groups excluding carboxylic acids is 2. The summed E-state index contributed by atoms with van der Waals surface area (Å²) in [6.45, 7) is 0. The second-order valence-electron chi connectivity index (χ2n) is 5.08. The second kappa shape index (κ2) is 5.69. The molecular weight excluding hydrogens is 320 g/mol. The number of rotatable bonds is 2. The fourth-order valence-electron chi connectivity index (χ4n) is 2.31. The van der Waals surface area contributed by atoms with Crippen LogP contribution in [0, 0.1) is 11.6 Å². The Morgan fingerprint density at radius 3 is 2.46 bits per heavy atom. The maximum Gasteiger partial charge on any atom is 0.335 e. The zero-order valence-corrected chi connectivity index (χ0v) is 12.0.